The Hall–Kier alpha value is -2.10. The van der Waals surface area contributed by atoms with Crippen molar-refractivity contribution in [1.29, 1.82) is 0 Å². The number of carbonyl (C=O) groups excluding carboxylic acids is 1. The summed E-state index contributed by atoms with van der Waals surface area (Å²) in [5.41, 5.74) is 7.10. The number of para-hydroxylation sites is 1. The fourth-order valence-electron chi connectivity index (χ4n) is 1.87. The van der Waals surface area contributed by atoms with E-state index in [9.17, 15) is 4.79 Å². The largest absolute Gasteiger partial charge is 0.384 e. The number of nitrogens with two attached hydrogens (primary N) is 1. The van der Waals surface area contributed by atoms with Gasteiger partial charge in [-0.25, -0.2) is 4.98 Å². The number of rotatable bonds is 2. The zero-order valence-corrected chi connectivity index (χ0v) is 12.4. The summed E-state index contributed by atoms with van der Waals surface area (Å²) in [4.78, 5) is 16.7. The second-order valence-corrected chi connectivity index (χ2v) is 6.17. The highest BCUT2D eigenvalue weighted by atomic mass is 16.1. The standard InChI is InChI=1S/C16H21N3O/c1-10(16(2,3)4)18-15(20)12-9-14(17)19-13-8-6-5-7-11(12)13/h5-10H,1-4H3,(H2,17,19)(H,18,20). The van der Waals surface area contributed by atoms with Crippen LogP contribution in [0.3, 0.4) is 0 Å². The second-order valence-electron chi connectivity index (χ2n) is 6.17. The van der Waals surface area contributed by atoms with Gasteiger partial charge >= 0.3 is 0 Å². The lowest BCUT2D eigenvalue weighted by Crippen LogP contribution is -2.41. The van der Waals surface area contributed by atoms with E-state index >= 15 is 0 Å². The molecule has 0 aliphatic heterocycles. The quantitative estimate of drug-likeness (QED) is 0.882. The Balaban J connectivity index is 2.40. The van der Waals surface area contributed by atoms with Crippen molar-refractivity contribution in [3.8, 4) is 0 Å². The highest BCUT2D eigenvalue weighted by Crippen LogP contribution is 2.22. The van der Waals surface area contributed by atoms with Gasteiger partial charge in [-0.1, -0.05) is 39.0 Å². The van der Waals surface area contributed by atoms with E-state index in [1.165, 1.54) is 0 Å². The lowest BCUT2D eigenvalue weighted by Gasteiger charge is -2.28. The fraction of sp³-hybridized carbons (Fsp3) is 0.375. The highest BCUT2D eigenvalue weighted by Gasteiger charge is 2.23. The van der Waals surface area contributed by atoms with Crippen LogP contribution >= 0.6 is 0 Å². The molecule has 3 N–H and O–H groups in total. The third kappa shape index (κ3) is 2.90. The summed E-state index contributed by atoms with van der Waals surface area (Å²) in [6.45, 7) is 8.29. The molecular formula is C16H21N3O. The molecule has 0 saturated carbocycles. The first-order chi connectivity index (χ1) is 9.29. The number of nitrogens with zero attached hydrogens (tertiary/aromatic N) is 1. The fourth-order valence-corrected chi connectivity index (χ4v) is 1.87. The SMILES string of the molecule is CC(NC(=O)c1cc(N)nc2ccccc12)C(C)(C)C. The normalized spacial score (nSPS) is 13.2. The number of pyridine rings is 1. The summed E-state index contributed by atoms with van der Waals surface area (Å²) in [7, 11) is 0. The Labute approximate surface area is 119 Å². The number of fused-ring (bicyclic) bond motifs is 1. The van der Waals surface area contributed by atoms with Crippen molar-refractivity contribution in [3.05, 3.63) is 35.9 Å². The molecule has 0 bridgehead atoms. The highest BCUT2D eigenvalue weighted by molar-refractivity contribution is 6.07. The molecule has 0 aliphatic carbocycles. The maximum absolute atomic E-state index is 12.5. The third-order valence-corrected chi connectivity index (χ3v) is 3.63. The van der Waals surface area contributed by atoms with E-state index in [1.54, 1.807) is 6.07 Å². The Morgan fingerprint density at radius 2 is 1.95 bits per heavy atom. The van der Waals surface area contributed by atoms with Crippen molar-refractivity contribution in [3.63, 3.8) is 0 Å². The van der Waals surface area contributed by atoms with Gasteiger partial charge in [0.1, 0.15) is 5.82 Å². The lowest BCUT2D eigenvalue weighted by atomic mass is 9.88. The van der Waals surface area contributed by atoms with E-state index in [0.717, 1.165) is 10.9 Å². The van der Waals surface area contributed by atoms with Gasteiger partial charge in [0.25, 0.3) is 5.91 Å². The summed E-state index contributed by atoms with van der Waals surface area (Å²) in [6.07, 6.45) is 0. The number of benzene rings is 1. The number of nitrogen functional groups attached to an aromatic ring is 1. The molecule has 106 valence electrons. The summed E-state index contributed by atoms with van der Waals surface area (Å²) >= 11 is 0. The van der Waals surface area contributed by atoms with Crippen molar-refractivity contribution in [2.45, 2.75) is 33.7 Å². The zero-order chi connectivity index (χ0) is 14.9. The van der Waals surface area contributed by atoms with E-state index < -0.39 is 0 Å². The van der Waals surface area contributed by atoms with Crippen molar-refractivity contribution >= 4 is 22.6 Å². The summed E-state index contributed by atoms with van der Waals surface area (Å²) in [5.74, 6) is 0.245. The predicted octanol–water partition coefficient (Wildman–Crippen LogP) is 2.98. The molecule has 4 heteroatoms. The average molecular weight is 271 g/mol. The topological polar surface area (TPSA) is 68.0 Å². The molecule has 0 aliphatic rings. The Kier molecular flexibility index (Phi) is 3.66. The molecule has 1 aromatic heterocycles. The number of amides is 1. The number of nitrogens with one attached hydrogen (secondary N) is 1. The van der Waals surface area contributed by atoms with Crippen molar-refractivity contribution in [2.75, 3.05) is 5.73 Å². The Bertz CT molecular complexity index is 644. The van der Waals surface area contributed by atoms with Crippen LogP contribution in [0.25, 0.3) is 10.9 Å². The first kappa shape index (κ1) is 14.3. The molecule has 1 amide bonds. The predicted molar refractivity (Wildman–Crippen MR) is 82.5 cm³/mol. The summed E-state index contributed by atoms with van der Waals surface area (Å²) in [5, 5.41) is 3.85. The molecule has 0 radical (unpaired) electrons. The van der Waals surface area contributed by atoms with Crippen LogP contribution in [0.15, 0.2) is 30.3 Å². The van der Waals surface area contributed by atoms with Gasteiger partial charge < -0.3 is 11.1 Å². The second kappa shape index (κ2) is 5.12. The minimum absolute atomic E-state index is 0.00401. The molecule has 1 aromatic carbocycles. The minimum atomic E-state index is -0.113. The van der Waals surface area contributed by atoms with E-state index in [2.05, 4.69) is 31.1 Å². The van der Waals surface area contributed by atoms with Crippen LogP contribution in [0.1, 0.15) is 38.1 Å². The molecule has 2 aromatic rings. The van der Waals surface area contributed by atoms with Gasteiger partial charge in [-0.05, 0) is 24.5 Å². The smallest absolute Gasteiger partial charge is 0.252 e. The van der Waals surface area contributed by atoms with Gasteiger partial charge in [0, 0.05) is 11.4 Å². The molecule has 4 nitrogen and oxygen atoms in total. The van der Waals surface area contributed by atoms with Crippen LogP contribution < -0.4 is 11.1 Å². The Morgan fingerprint density at radius 1 is 1.30 bits per heavy atom. The van der Waals surface area contributed by atoms with Crippen molar-refractivity contribution in [2.24, 2.45) is 5.41 Å². The third-order valence-electron chi connectivity index (χ3n) is 3.63. The number of hydrogen-bond acceptors (Lipinski definition) is 3. The van der Waals surface area contributed by atoms with Crippen LogP contribution in [0.4, 0.5) is 5.82 Å². The van der Waals surface area contributed by atoms with Gasteiger partial charge in [-0.15, -0.1) is 0 Å². The average Bonchev–Trinajstić information content (AvgIpc) is 2.36. The maximum atomic E-state index is 12.5. The van der Waals surface area contributed by atoms with Crippen molar-refractivity contribution in [1.82, 2.24) is 10.3 Å². The van der Waals surface area contributed by atoms with Gasteiger partial charge in [0.05, 0.1) is 11.1 Å². The molecule has 2 rings (SSSR count). The Morgan fingerprint density at radius 3 is 2.60 bits per heavy atom. The molecule has 0 fully saturated rings. The molecule has 20 heavy (non-hydrogen) atoms. The van der Waals surface area contributed by atoms with E-state index in [0.29, 0.717) is 11.4 Å². The van der Waals surface area contributed by atoms with Crippen LogP contribution in [-0.2, 0) is 0 Å². The monoisotopic (exact) mass is 271 g/mol. The summed E-state index contributed by atoms with van der Waals surface area (Å²) in [6, 6.07) is 9.21. The molecule has 0 saturated heterocycles. The van der Waals surface area contributed by atoms with Crippen LogP contribution in [0, 0.1) is 5.41 Å². The maximum Gasteiger partial charge on any atom is 0.252 e. The van der Waals surface area contributed by atoms with Crippen molar-refractivity contribution < 1.29 is 4.79 Å². The molecule has 1 atom stereocenters. The van der Waals surface area contributed by atoms with Gasteiger partial charge in [-0.3, -0.25) is 4.79 Å². The zero-order valence-electron chi connectivity index (χ0n) is 12.4. The van der Waals surface area contributed by atoms with E-state index in [-0.39, 0.29) is 17.4 Å². The van der Waals surface area contributed by atoms with Gasteiger partial charge in [-0.2, -0.15) is 0 Å². The minimum Gasteiger partial charge on any atom is -0.384 e. The number of hydrogen-bond donors (Lipinski definition) is 2. The summed E-state index contributed by atoms with van der Waals surface area (Å²) < 4.78 is 0. The van der Waals surface area contributed by atoms with E-state index in [1.807, 2.05) is 31.2 Å². The van der Waals surface area contributed by atoms with E-state index in [4.69, 9.17) is 5.73 Å². The molecule has 0 spiro atoms. The van der Waals surface area contributed by atoms with Crippen LogP contribution in [0.2, 0.25) is 0 Å². The molecular weight excluding hydrogens is 250 g/mol. The van der Waals surface area contributed by atoms with Crippen LogP contribution in [-0.4, -0.2) is 16.9 Å². The van der Waals surface area contributed by atoms with Gasteiger partial charge in [0.15, 0.2) is 0 Å². The molecule has 1 heterocycles. The first-order valence-electron chi connectivity index (χ1n) is 6.75. The van der Waals surface area contributed by atoms with Crippen LogP contribution in [0.5, 0.6) is 0 Å². The van der Waals surface area contributed by atoms with Gasteiger partial charge in [0.2, 0.25) is 0 Å². The number of carbonyl (C=O) groups is 1. The number of anilines is 1. The molecule has 1 unspecified atom stereocenters. The lowest BCUT2D eigenvalue weighted by molar-refractivity contribution is 0.0912. The number of aromatic nitrogens is 1. The first-order valence-corrected chi connectivity index (χ1v) is 6.75.